The van der Waals surface area contributed by atoms with Gasteiger partial charge in [0.1, 0.15) is 5.76 Å². The molecule has 0 radical (unpaired) electrons. The highest BCUT2D eigenvalue weighted by Crippen LogP contribution is 2.13. The van der Waals surface area contributed by atoms with Gasteiger partial charge < -0.3 is 9.73 Å². The van der Waals surface area contributed by atoms with Crippen molar-refractivity contribution < 1.29 is 4.42 Å². The van der Waals surface area contributed by atoms with Gasteiger partial charge in [-0.1, -0.05) is 13.8 Å². The largest absolute Gasteiger partial charge is 0.454 e. The van der Waals surface area contributed by atoms with Gasteiger partial charge in [0, 0.05) is 19.0 Å². The third kappa shape index (κ3) is 3.41. The van der Waals surface area contributed by atoms with Crippen molar-refractivity contribution in [2.45, 2.75) is 26.3 Å². The maximum Gasteiger partial charge on any atom is 0.169 e. The number of nitrogens with one attached hydrogen (secondary N) is 1. The minimum absolute atomic E-state index is 0.545. The second-order valence-electron chi connectivity index (χ2n) is 3.06. The van der Waals surface area contributed by atoms with Crippen molar-refractivity contribution in [3.63, 3.8) is 0 Å². The highest BCUT2D eigenvalue weighted by Gasteiger charge is 1.99. The van der Waals surface area contributed by atoms with Crippen molar-refractivity contribution in [3.8, 4) is 0 Å². The molecule has 1 heterocycles. The number of rotatable bonds is 4. The molecule has 3 heteroatoms. The maximum absolute atomic E-state index is 5.34. The highest BCUT2D eigenvalue weighted by atomic mass is 79.9. The van der Waals surface area contributed by atoms with E-state index in [0.29, 0.717) is 6.04 Å². The molecule has 0 saturated heterocycles. The Bertz CT molecular complexity index is 232. The molecule has 0 aliphatic rings. The molecule has 68 valence electrons. The van der Waals surface area contributed by atoms with E-state index in [1.54, 1.807) is 0 Å². The van der Waals surface area contributed by atoms with Crippen LogP contribution in [0.5, 0.6) is 0 Å². The average Bonchev–Trinajstić information content (AvgIpc) is 2.35. The zero-order valence-electron chi connectivity index (χ0n) is 7.43. The molecule has 2 nitrogen and oxygen atoms in total. The van der Waals surface area contributed by atoms with Crippen LogP contribution in [0.25, 0.3) is 0 Å². The van der Waals surface area contributed by atoms with Gasteiger partial charge in [-0.3, -0.25) is 0 Å². The molecule has 0 amide bonds. The summed E-state index contributed by atoms with van der Waals surface area (Å²) in [6.45, 7) is 5.24. The van der Waals surface area contributed by atoms with Crippen LogP contribution in [-0.2, 0) is 6.42 Å². The van der Waals surface area contributed by atoms with Gasteiger partial charge in [-0.2, -0.15) is 0 Å². The Balaban J connectivity index is 2.24. The van der Waals surface area contributed by atoms with Gasteiger partial charge in [0.25, 0.3) is 0 Å². The molecule has 1 aromatic heterocycles. The molecule has 1 aromatic rings. The fraction of sp³-hybridized carbons (Fsp3) is 0.556. The first-order chi connectivity index (χ1) is 5.68. The predicted molar refractivity (Wildman–Crippen MR) is 53.3 cm³/mol. The van der Waals surface area contributed by atoms with Crippen LogP contribution in [0, 0.1) is 0 Å². The van der Waals surface area contributed by atoms with Gasteiger partial charge in [-0.05, 0) is 28.1 Å². The van der Waals surface area contributed by atoms with E-state index in [-0.39, 0.29) is 0 Å². The molecule has 0 spiro atoms. The monoisotopic (exact) mass is 231 g/mol. The second kappa shape index (κ2) is 4.67. The molecule has 1 rings (SSSR count). The van der Waals surface area contributed by atoms with Crippen molar-refractivity contribution >= 4 is 15.9 Å². The third-order valence-corrected chi connectivity index (χ3v) is 1.98. The van der Waals surface area contributed by atoms with Crippen molar-refractivity contribution in [1.29, 1.82) is 0 Å². The standard InChI is InChI=1S/C9H14BrNO/c1-7(2)11-6-5-8-3-4-9(10)12-8/h3-4,7,11H,5-6H2,1-2H3. The van der Waals surface area contributed by atoms with E-state index in [4.69, 9.17) is 4.42 Å². The molecule has 0 aliphatic carbocycles. The van der Waals surface area contributed by atoms with Crippen molar-refractivity contribution in [2.75, 3.05) is 6.54 Å². The van der Waals surface area contributed by atoms with Gasteiger partial charge in [0.05, 0.1) is 0 Å². The summed E-state index contributed by atoms with van der Waals surface area (Å²) in [5.74, 6) is 1.02. The molecule has 0 aliphatic heterocycles. The molecular formula is C9H14BrNO. The lowest BCUT2D eigenvalue weighted by Gasteiger charge is -2.05. The SMILES string of the molecule is CC(C)NCCc1ccc(Br)o1. The number of halogens is 1. The highest BCUT2D eigenvalue weighted by molar-refractivity contribution is 9.10. The smallest absolute Gasteiger partial charge is 0.169 e. The Morgan fingerprint density at radius 2 is 2.25 bits per heavy atom. The van der Waals surface area contributed by atoms with Crippen LogP contribution in [0.4, 0.5) is 0 Å². The Morgan fingerprint density at radius 3 is 2.75 bits per heavy atom. The van der Waals surface area contributed by atoms with E-state index in [9.17, 15) is 0 Å². The molecule has 12 heavy (non-hydrogen) atoms. The quantitative estimate of drug-likeness (QED) is 0.863. The van der Waals surface area contributed by atoms with E-state index < -0.39 is 0 Å². The molecule has 0 bridgehead atoms. The first-order valence-electron chi connectivity index (χ1n) is 4.16. The van der Waals surface area contributed by atoms with E-state index >= 15 is 0 Å². The third-order valence-electron chi connectivity index (χ3n) is 1.55. The summed E-state index contributed by atoms with van der Waals surface area (Å²) in [4.78, 5) is 0. The van der Waals surface area contributed by atoms with Crippen LogP contribution in [0.3, 0.4) is 0 Å². The van der Waals surface area contributed by atoms with Crippen LogP contribution in [-0.4, -0.2) is 12.6 Å². The second-order valence-corrected chi connectivity index (χ2v) is 3.85. The summed E-state index contributed by atoms with van der Waals surface area (Å²) >= 11 is 3.27. The topological polar surface area (TPSA) is 25.2 Å². The van der Waals surface area contributed by atoms with Gasteiger partial charge >= 0.3 is 0 Å². The zero-order chi connectivity index (χ0) is 8.97. The summed E-state index contributed by atoms with van der Waals surface area (Å²) in [7, 11) is 0. The van der Waals surface area contributed by atoms with Crippen molar-refractivity contribution in [3.05, 3.63) is 22.6 Å². The Labute approximate surface area is 81.5 Å². The van der Waals surface area contributed by atoms with Crippen LogP contribution in [0.1, 0.15) is 19.6 Å². The number of hydrogen-bond donors (Lipinski definition) is 1. The fourth-order valence-corrected chi connectivity index (χ4v) is 1.31. The summed E-state index contributed by atoms with van der Waals surface area (Å²) < 4.78 is 6.15. The Morgan fingerprint density at radius 1 is 1.50 bits per heavy atom. The van der Waals surface area contributed by atoms with Crippen LogP contribution >= 0.6 is 15.9 Å². The minimum Gasteiger partial charge on any atom is -0.454 e. The van der Waals surface area contributed by atoms with E-state index in [1.165, 1.54) is 0 Å². The lowest BCUT2D eigenvalue weighted by Crippen LogP contribution is -2.24. The van der Waals surface area contributed by atoms with Crippen molar-refractivity contribution in [2.24, 2.45) is 0 Å². The Kier molecular flexibility index (Phi) is 3.82. The van der Waals surface area contributed by atoms with E-state index in [0.717, 1.165) is 23.4 Å². The van der Waals surface area contributed by atoms with Gasteiger partial charge in [0.15, 0.2) is 4.67 Å². The van der Waals surface area contributed by atoms with E-state index in [2.05, 4.69) is 35.1 Å². The van der Waals surface area contributed by atoms with Gasteiger partial charge in [-0.15, -0.1) is 0 Å². The molecule has 0 fully saturated rings. The fourth-order valence-electron chi connectivity index (χ4n) is 0.970. The first kappa shape index (κ1) is 9.81. The van der Waals surface area contributed by atoms with Crippen molar-refractivity contribution in [1.82, 2.24) is 5.32 Å². The average molecular weight is 232 g/mol. The lowest BCUT2D eigenvalue weighted by atomic mass is 10.3. The molecule has 0 atom stereocenters. The summed E-state index contributed by atoms with van der Waals surface area (Å²) in [5, 5.41) is 3.33. The molecular weight excluding hydrogens is 218 g/mol. The first-order valence-corrected chi connectivity index (χ1v) is 4.95. The molecule has 0 aromatic carbocycles. The number of hydrogen-bond acceptors (Lipinski definition) is 2. The maximum atomic E-state index is 5.34. The molecule has 1 N–H and O–H groups in total. The molecule has 0 unspecified atom stereocenters. The van der Waals surface area contributed by atoms with Crippen LogP contribution < -0.4 is 5.32 Å². The molecule has 0 saturated carbocycles. The summed E-state index contributed by atoms with van der Waals surface area (Å²) in [5.41, 5.74) is 0. The van der Waals surface area contributed by atoms with Crippen LogP contribution in [0.2, 0.25) is 0 Å². The Hall–Kier alpha value is -0.280. The predicted octanol–water partition coefficient (Wildman–Crippen LogP) is 2.58. The normalized spacial score (nSPS) is 11.0. The minimum atomic E-state index is 0.545. The summed E-state index contributed by atoms with van der Waals surface area (Å²) in [6, 6.07) is 4.46. The zero-order valence-corrected chi connectivity index (χ0v) is 9.02. The van der Waals surface area contributed by atoms with Gasteiger partial charge in [0.2, 0.25) is 0 Å². The van der Waals surface area contributed by atoms with Gasteiger partial charge in [-0.25, -0.2) is 0 Å². The lowest BCUT2D eigenvalue weighted by molar-refractivity contribution is 0.472. The summed E-state index contributed by atoms with van der Waals surface area (Å²) in [6.07, 6.45) is 0.948. The van der Waals surface area contributed by atoms with E-state index in [1.807, 2.05) is 12.1 Å². The van der Waals surface area contributed by atoms with Crippen LogP contribution in [0.15, 0.2) is 21.2 Å². The number of furan rings is 1.